The van der Waals surface area contributed by atoms with Crippen molar-refractivity contribution in [3.05, 3.63) is 29.8 Å². The zero-order valence-electron chi connectivity index (χ0n) is 10.4. The molecule has 2 N–H and O–H groups in total. The summed E-state index contributed by atoms with van der Waals surface area (Å²) < 4.78 is 5.24. The van der Waals surface area contributed by atoms with Crippen LogP contribution in [0.15, 0.2) is 24.3 Å². The predicted octanol–water partition coefficient (Wildman–Crippen LogP) is 2.85. The van der Waals surface area contributed by atoms with Crippen LogP contribution in [0, 0.1) is 0 Å². The maximum Gasteiger partial charge on any atom is 0.119 e. The Morgan fingerprint density at radius 2 is 2.35 bits per heavy atom. The van der Waals surface area contributed by atoms with Crippen LogP contribution < -0.4 is 10.5 Å². The first kappa shape index (κ1) is 12.8. The molecule has 0 amide bonds. The smallest absolute Gasteiger partial charge is 0.119 e. The first-order valence-electron chi connectivity index (χ1n) is 6.29. The average Bonchev–Trinajstić information content (AvgIpc) is 2.40. The molecule has 0 aliphatic carbocycles. The Labute approximate surface area is 108 Å². The highest BCUT2D eigenvalue weighted by atomic mass is 32.2. The van der Waals surface area contributed by atoms with Gasteiger partial charge < -0.3 is 10.5 Å². The maximum atomic E-state index is 6.31. The molecule has 1 aromatic carbocycles. The van der Waals surface area contributed by atoms with Crippen molar-refractivity contribution in [2.75, 3.05) is 12.9 Å². The number of ether oxygens (including phenoxy) is 1. The summed E-state index contributed by atoms with van der Waals surface area (Å²) >= 11 is 2.04. The molecule has 0 spiro atoms. The summed E-state index contributed by atoms with van der Waals surface area (Å²) in [6.45, 7) is 0. The Balaban J connectivity index is 1.94. The van der Waals surface area contributed by atoms with E-state index in [1.807, 2.05) is 23.9 Å². The molecule has 1 aliphatic rings. The third kappa shape index (κ3) is 3.65. The number of hydrogen-bond donors (Lipinski definition) is 1. The first-order chi connectivity index (χ1) is 8.29. The molecule has 1 fully saturated rings. The van der Waals surface area contributed by atoms with Crippen LogP contribution in [0.2, 0.25) is 0 Å². The summed E-state index contributed by atoms with van der Waals surface area (Å²) in [5.74, 6) is 2.20. The van der Waals surface area contributed by atoms with Gasteiger partial charge in [-0.3, -0.25) is 0 Å². The molecule has 2 rings (SSSR count). The number of methoxy groups -OCH3 is 1. The van der Waals surface area contributed by atoms with E-state index in [9.17, 15) is 0 Å². The Bertz CT molecular complexity index is 350. The zero-order valence-corrected chi connectivity index (χ0v) is 11.2. The minimum atomic E-state index is 0.271. The van der Waals surface area contributed by atoms with Crippen LogP contribution >= 0.6 is 11.8 Å². The van der Waals surface area contributed by atoms with Crippen molar-refractivity contribution >= 4 is 11.8 Å². The highest BCUT2D eigenvalue weighted by Crippen LogP contribution is 2.28. The molecule has 0 saturated carbocycles. The molecule has 1 aromatic rings. The SMILES string of the molecule is COc1cccc(CC(N)C2CCCCS2)c1. The summed E-state index contributed by atoms with van der Waals surface area (Å²) in [6.07, 6.45) is 4.92. The lowest BCUT2D eigenvalue weighted by molar-refractivity contribution is 0.414. The van der Waals surface area contributed by atoms with Gasteiger partial charge in [0.15, 0.2) is 0 Å². The number of nitrogens with two attached hydrogens (primary N) is 1. The van der Waals surface area contributed by atoms with E-state index in [-0.39, 0.29) is 6.04 Å². The molecule has 3 heteroatoms. The van der Waals surface area contributed by atoms with Crippen LogP contribution in [0.25, 0.3) is 0 Å². The van der Waals surface area contributed by atoms with E-state index < -0.39 is 0 Å². The van der Waals surface area contributed by atoms with Crippen LogP contribution in [0.4, 0.5) is 0 Å². The molecule has 0 aromatic heterocycles. The maximum absolute atomic E-state index is 6.31. The molecule has 0 bridgehead atoms. The van der Waals surface area contributed by atoms with Crippen LogP contribution in [-0.2, 0) is 6.42 Å². The molecular weight excluding hydrogens is 230 g/mol. The second-order valence-corrected chi connectivity index (χ2v) is 5.97. The Hall–Kier alpha value is -0.670. The third-order valence-electron chi connectivity index (χ3n) is 3.30. The van der Waals surface area contributed by atoms with Crippen molar-refractivity contribution < 1.29 is 4.74 Å². The molecule has 1 heterocycles. The van der Waals surface area contributed by atoms with Crippen LogP contribution in [0.1, 0.15) is 24.8 Å². The first-order valence-corrected chi connectivity index (χ1v) is 7.34. The average molecular weight is 251 g/mol. The van der Waals surface area contributed by atoms with Crippen molar-refractivity contribution in [2.24, 2.45) is 5.73 Å². The van der Waals surface area contributed by atoms with Crippen molar-refractivity contribution in [1.29, 1.82) is 0 Å². The minimum absolute atomic E-state index is 0.271. The largest absolute Gasteiger partial charge is 0.497 e. The second-order valence-electron chi connectivity index (χ2n) is 4.62. The molecule has 1 aliphatic heterocycles. The Morgan fingerprint density at radius 1 is 1.47 bits per heavy atom. The molecule has 2 nitrogen and oxygen atoms in total. The lowest BCUT2D eigenvalue weighted by Crippen LogP contribution is -2.36. The lowest BCUT2D eigenvalue weighted by atomic mass is 10.0. The molecule has 94 valence electrons. The van der Waals surface area contributed by atoms with E-state index in [0.717, 1.165) is 12.2 Å². The van der Waals surface area contributed by atoms with Gasteiger partial charge in [0.1, 0.15) is 5.75 Å². The summed E-state index contributed by atoms with van der Waals surface area (Å²) in [4.78, 5) is 0. The Morgan fingerprint density at radius 3 is 3.06 bits per heavy atom. The normalized spacial score (nSPS) is 22.1. The monoisotopic (exact) mass is 251 g/mol. The van der Waals surface area contributed by atoms with E-state index in [2.05, 4.69) is 12.1 Å². The van der Waals surface area contributed by atoms with Crippen molar-refractivity contribution in [2.45, 2.75) is 37.0 Å². The Kier molecular flexibility index (Phi) is 4.75. The van der Waals surface area contributed by atoms with E-state index >= 15 is 0 Å². The van der Waals surface area contributed by atoms with Crippen molar-refractivity contribution in [3.63, 3.8) is 0 Å². The fourth-order valence-electron chi connectivity index (χ4n) is 2.31. The van der Waals surface area contributed by atoms with E-state index in [1.165, 1.54) is 30.6 Å². The van der Waals surface area contributed by atoms with E-state index in [0.29, 0.717) is 5.25 Å². The van der Waals surface area contributed by atoms with E-state index in [4.69, 9.17) is 10.5 Å². The van der Waals surface area contributed by atoms with Gasteiger partial charge in [-0.1, -0.05) is 18.6 Å². The van der Waals surface area contributed by atoms with Gasteiger partial charge in [-0.05, 0) is 42.7 Å². The van der Waals surface area contributed by atoms with E-state index in [1.54, 1.807) is 7.11 Å². The van der Waals surface area contributed by atoms with Gasteiger partial charge in [0.05, 0.1) is 7.11 Å². The number of benzene rings is 1. The number of thioether (sulfide) groups is 1. The van der Waals surface area contributed by atoms with Gasteiger partial charge in [-0.2, -0.15) is 11.8 Å². The van der Waals surface area contributed by atoms with Gasteiger partial charge in [-0.25, -0.2) is 0 Å². The summed E-state index contributed by atoms with van der Waals surface area (Å²) in [5.41, 5.74) is 7.59. The minimum Gasteiger partial charge on any atom is -0.497 e. The summed E-state index contributed by atoms with van der Waals surface area (Å²) in [6, 6.07) is 8.51. The number of rotatable bonds is 4. The van der Waals surface area contributed by atoms with Crippen LogP contribution in [0.5, 0.6) is 5.75 Å². The fraction of sp³-hybridized carbons (Fsp3) is 0.571. The highest BCUT2D eigenvalue weighted by molar-refractivity contribution is 8.00. The molecule has 17 heavy (non-hydrogen) atoms. The standard InChI is InChI=1S/C14H21NOS/c1-16-12-6-4-5-11(9-12)10-13(15)14-7-2-3-8-17-14/h4-6,9,13-14H,2-3,7-8,10,15H2,1H3. The second kappa shape index (κ2) is 6.31. The van der Waals surface area contributed by atoms with Crippen molar-refractivity contribution in [3.8, 4) is 5.75 Å². The fourth-order valence-corrected chi connectivity index (χ4v) is 3.66. The highest BCUT2D eigenvalue weighted by Gasteiger charge is 2.21. The van der Waals surface area contributed by atoms with Gasteiger partial charge in [-0.15, -0.1) is 0 Å². The lowest BCUT2D eigenvalue weighted by Gasteiger charge is -2.27. The van der Waals surface area contributed by atoms with Gasteiger partial charge in [0, 0.05) is 11.3 Å². The summed E-state index contributed by atoms with van der Waals surface area (Å²) in [5, 5.41) is 0.634. The molecular formula is C14H21NOS. The van der Waals surface area contributed by atoms with Crippen LogP contribution in [-0.4, -0.2) is 24.2 Å². The predicted molar refractivity (Wildman–Crippen MR) is 74.8 cm³/mol. The van der Waals surface area contributed by atoms with Gasteiger partial charge in [0.25, 0.3) is 0 Å². The van der Waals surface area contributed by atoms with Crippen LogP contribution in [0.3, 0.4) is 0 Å². The van der Waals surface area contributed by atoms with Gasteiger partial charge >= 0.3 is 0 Å². The topological polar surface area (TPSA) is 35.2 Å². The molecule has 1 saturated heterocycles. The molecule has 2 unspecified atom stereocenters. The quantitative estimate of drug-likeness (QED) is 0.893. The van der Waals surface area contributed by atoms with Crippen molar-refractivity contribution in [1.82, 2.24) is 0 Å². The summed E-state index contributed by atoms with van der Waals surface area (Å²) in [7, 11) is 1.70. The third-order valence-corrected chi connectivity index (χ3v) is 4.84. The molecule has 2 atom stereocenters. The number of hydrogen-bond acceptors (Lipinski definition) is 3. The zero-order chi connectivity index (χ0) is 12.1. The van der Waals surface area contributed by atoms with Gasteiger partial charge in [0.2, 0.25) is 0 Å². The molecule has 0 radical (unpaired) electrons.